The molecule has 0 aromatic rings. The van der Waals surface area contributed by atoms with Crippen molar-refractivity contribution in [2.75, 3.05) is 26.9 Å². The lowest BCUT2D eigenvalue weighted by molar-refractivity contribution is -0.396. The molecule has 25 heavy (non-hydrogen) atoms. The predicted octanol–water partition coefficient (Wildman–Crippen LogP) is 4.17. The van der Waals surface area contributed by atoms with Crippen LogP contribution < -0.4 is 11.1 Å². The zero-order valence-corrected chi connectivity index (χ0v) is 16.8. The smallest absolute Gasteiger partial charge is 0.312 e. The number of urea groups is 1. The van der Waals surface area contributed by atoms with E-state index in [0.717, 1.165) is 25.7 Å². The van der Waals surface area contributed by atoms with Crippen LogP contribution in [0.4, 0.5) is 4.79 Å². The Labute approximate surface area is 154 Å². The topological polar surface area (TPSA) is 82.8 Å². The molecule has 0 aromatic heterocycles. The highest BCUT2D eigenvalue weighted by Gasteiger charge is 2.40. The second kappa shape index (κ2) is 15.4. The van der Waals surface area contributed by atoms with Crippen LogP contribution in [0.15, 0.2) is 0 Å². The van der Waals surface area contributed by atoms with E-state index in [1.165, 1.54) is 32.1 Å². The maximum atomic E-state index is 10.8. The van der Waals surface area contributed by atoms with Gasteiger partial charge in [-0.3, -0.25) is 0 Å². The summed E-state index contributed by atoms with van der Waals surface area (Å²) in [5, 5.41) is 2.64. The van der Waals surface area contributed by atoms with Crippen molar-refractivity contribution < 1.29 is 19.0 Å². The lowest BCUT2D eigenvalue weighted by Gasteiger charge is -2.38. The van der Waals surface area contributed by atoms with E-state index in [0.29, 0.717) is 19.8 Å². The van der Waals surface area contributed by atoms with Crippen molar-refractivity contribution in [2.45, 2.75) is 84.5 Å². The van der Waals surface area contributed by atoms with Gasteiger partial charge in [0.15, 0.2) is 0 Å². The first-order valence-corrected chi connectivity index (χ1v) is 9.92. The highest BCUT2D eigenvalue weighted by molar-refractivity contribution is 5.71. The second-order valence-corrected chi connectivity index (χ2v) is 6.36. The molecule has 3 N–H and O–H groups in total. The number of ether oxygens (including phenoxy) is 3. The number of methoxy groups -OCH3 is 1. The van der Waals surface area contributed by atoms with Gasteiger partial charge in [-0.15, -0.1) is 0 Å². The maximum absolute atomic E-state index is 10.8. The van der Waals surface area contributed by atoms with Crippen molar-refractivity contribution in [3.63, 3.8) is 0 Å². The van der Waals surface area contributed by atoms with E-state index in [2.05, 4.69) is 12.2 Å². The van der Waals surface area contributed by atoms with Gasteiger partial charge in [0.2, 0.25) is 0 Å². The van der Waals surface area contributed by atoms with E-state index >= 15 is 0 Å². The molecule has 0 heterocycles. The van der Waals surface area contributed by atoms with E-state index in [1.807, 2.05) is 13.8 Å². The first-order chi connectivity index (χ1) is 12.1. The number of carbonyl (C=O) groups excluding carboxylic acids is 1. The molecule has 0 aliphatic heterocycles. The molecule has 2 amide bonds. The Hall–Kier alpha value is -0.850. The van der Waals surface area contributed by atoms with Gasteiger partial charge >= 0.3 is 6.03 Å². The fourth-order valence-electron chi connectivity index (χ4n) is 3.19. The molecule has 0 spiro atoms. The summed E-state index contributed by atoms with van der Waals surface area (Å²) in [7, 11) is 1.64. The molecule has 1 unspecified atom stereocenters. The van der Waals surface area contributed by atoms with E-state index in [1.54, 1.807) is 7.11 Å². The molecular formula is C19H40N2O4. The van der Waals surface area contributed by atoms with Gasteiger partial charge in [0.05, 0.1) is 0 Å². The molecule has 0 saturated carbocycles. The zero-order valence-electron chi connectivity index (χ0n) is 16.8. The van der Waals surface area contributed by atoms with E-state index < -0.39 is 12.0 Å². The number of hydrogen-bond acceptors (Lipinski definition) is 4. The SMILES string of the molecule is CCCCCCCCC(CCCNC(N)=O)C(OC)(OCC)OCC. The fourth-order valence-corrected chi connectivity index (χ4v) is 3.19. The van der Waals surface area contributed by atoms with Crippen LogP contribution in [0.5, 0.6) is 0 Å². The van der Waals surface area contributed by atoms with Gasteiger partial charge in [0.25, 0.3) is 5.97 Å². The summed E-state index contributed by atoms with van der Waals surface area (Å²) in [5.41, 5.74) is 5.13. The molecule has 150 valence electrons. The van der Waals surface area contributed by atoms with Gasteiger partial charge in [0, 0.05) is 32.8 Å². The van der Waals surface area contributed by atoms with Gasteiger partial charge in [0.1, 0.15) is 0 Å². The third-order valence-corrected chi connectivity index (χ3v) is 4.41. The van der Waals surface area contributed by atoms with Crippen LogP contribution in [0.1, 0.15) is 78.6 Å². The van der Waals surface area contributed by atoms with Crippen LogP contribution in [0, 0.1) is 5.92 Å². The molecule has 6 heteroatoms. The lowest BCUT2D eigenvalue weighted by Crippen LogP contribution is -2.46. The number of unbranched alkanes of at least 4 members (excludes halogenated alkanes) is 5. The Balaban J connectivity index is 4.67. The average molecular weight is 361 g/mol. The zero-order chi connectivity index (χ0) is 19.0. The summed E-state index contributed by atoms with van der Waals surface area (Å²) in [4.78, 5) is 10.8. The van der Waals surface area contributed by atoms with Gasteiger partial charge in [-0.25, -0.2) is 4.79 Å². The first kappa shape index (κ1) is 24.1. The summed E-state index contributed by atoms with van der Waals surface area (Å²) in [6.07, 6.45) is 10.1. The highest BCUT2D eigenvalue weighted by atomic mass is 16.9. The van der Waals surface area contributed by atoms with Crippen LogP contribution in [0.25, 0.3) is 0 Å². The molecule has 0 aromatic carbocycles. The third kappa shape index (κ3) is 10.7. The Bertz CT molecular complexity index is 321. The Morgan fingerprint density at radius 2 is 1.52 bits per heavy atom. The minimum atomic E-state index is -1.00. The highest BCUT2D eigenvalue weighted by Crippen LogP contribution is 2.33. The Morgan fingerprint density at radius 1 is 0.960 bits per heavy atom. The molecule has 0 radical (unpaired) electrons. The van der Waals surface area contributed by atoms with Crippen molar-refractivity contribution in [1.82, 2.24) is 5.32 Å². The molecule has 0 saturated heterocycles. The quantitative estimate of drug-likeness (QED) is 0.301. The number of amides is 2. The summed E-state index contributed by atoms with van der Waals surface area (Å²) in [5.74, 6) is -0.877. The lowest BCUT2D eigenvalue weighted by atomic mass is 9.92. The number of hydrogen-bond donors (Lipinski definition) is 2. The third-order valence-electron chi connectivity index (χ3n) is 4.41. The summed E-state index contributed by atoms with van der Waals surface area (Å²) in [6.45, 7) is 7.74. The van der Waals surface area contributed by atoms with Crippen LogP contribution in [0.3, 0.4) is 0 Å². The van der Waals surface area contributed by atoms with Crippen LogP contribution in [0.2, 0.25) is 0 Å². The summed E-state index contributed by atoms with van der Waals surface area (Å²) < 4.78 is 17.5. The average Bonchev–Trinajstić information content (AvgIpc) is 2.59. The van der Waals surface area contributed by atoms with Crippen LogP contribution in [-0.4, -0.2) is 38.9 Å². The van der Waals surface area contributed by atoms with Crippen molar-refractivity contribution in [3.05, 3.63) is 0 Å². The molecular weight excluding hydrogens is 320 g/mol. The Morgan fingerprint density at radius 3 is 2.04 bits per heavy atom. The van der Waals surface area contributed by atoms with Gasteiger partial charge in [-0.2, -0.15) is 0 Å². The van der Waals surface area contributed by atoms with Crippen LogP contribution >= 0.6 is 0 Å². The molecule has 0 bridgehead atoms. The standard InChI is InChI=1S/C19H40N2O4/c1-5-8-9-10-11-12-14-17(15-13-16-21-18(20)22)19(23-4,24-6-2)25-7-3/h17H,5-16H2,1-4H3,(H3,20,21,22). The van der Waals surface area contributed by atoms with Crippen molar-refractivity contribution >= 4 is 6.03 Å². The number of nitrogens with two attached hydrogens (primary N) is 1. The molecule has 0 aliphatic rings. The van der Waals surface area contributed by atoms with E-state index in [4.69, 9.17) is 19.9 Å². The van der Waals surface area contributed by atoms with Crippen molar-refractivity contribution in [2.24, 2.45) is 11.7 Å². The Kier molecular flexibility index (Phi) is 14.9. The minimum absolute atomic E-state index is 0.123. The minimum Gasteiger partial charge on any atom is -0.352 e. The fraction of sp³-hybridized carbons (Fsp3) is 0.947. The summed E-state index contributed by atoms with van der Waals surface area (Å²) in [6, 6.07) is -0.486. The molecule has 6 nitrogen and oxygen atoms in total. The van der Waals surface area contributed by atoms with Gasteiger partial charge < -0.3 is 25.3 Å². The number of carbonyl (C=O) groups is 1. The number of rotatable bonds is 17. The summed E-state index contributed by atoms with van der Waals surface area (Å²) >= 11 is 0. The molecule has 0 rings (SSSR count). The molecule has 0 fully saturated rings. The largest absolute Gasteiger partial charge is 0.352 e. The second-order valence-electron chi connectivity index (χ2n) is 6.36. The monoisotopic (exact) mass is 360 g/mol. The van der Waals surface area contributed by atoms with Crippen LogP contribution in [-0.2, 0) is 14.2 Å². The molecule has 1 atom stereocenters. The van der Waals surface area contributed by atoms with Crippen molar-refractivity contribution in [3.8, 4) is 0 Å². The number of nitrogens with one attached hydrogen (secondary N) is 1. The maximum Gasteiger partial charge on any atom is 0.312 e. The number of primary amides is 1. The first-order valence-electron chi connectivity index (χ1n) is 9.92. The molecule has 0 aliphatic carbocycles. The van der Waals surface area contributed by atoms with E-state index in [-0.39, 0.29) is 5.92 Å². The van der Waals surface area contributed by atoms with Gasteiger partial charge in [-0.1, -0.05) is 45.4 Å². The van der Waals surface area contributed by atoms with Gasteiger partial charge in [-0.05, 0) is 33.1 Å². The predicted molar refractivity (Wildman–Crippen MR) is 101 cm³/mol. The van der Waals surface area contributed by atoms with Crippen molar-refractivity contribution in [1.29, 1.82) is 0 Å². The normalized spacial score (nSPS) is 13.0. The van der Waals surface area contributed by atoms with E-state index in [9.17, 15) is 4.79 Å².